The van der Waals surface area contributed by atoms with Crippen LogP contribution >= 0.6 is 0 Å². The first-order valence-electron chi connectivity index (χ1n) is 10.3. The standard InChI is InChI=1S/C22H33F2NO2SSi/c1-15(2)29(16(3)4,17(5)6)11-8-19-12-20(21(23)25-13-19)22(24)9-10-28(26,27)14-18(22)7/h12-13,15-18H,9-10,14H2,1-7H3/t18-,22+/m1/s1. The number of hydrogen-bond acceptors (Lipinski definition) is 3. The minimum atomic E-state index is -3.30. The molecule has 0 bridgehead atoms. The van der Waals surface area contributed by atoms with Crippen molar-refractivity contribution in [2.75, 3.05) is 11.5 Å². The Balaban J connectivity index is 2.52. The largest absolute Gasteiger partial charge is 0.238 e. The van der Waals surface area contributed by atoms with Crippen molar-refractivity contribution >= 4 is 17.9 Å². The quantitative estimate of drug-likeness (QED) is 0.357. The molecule has 7 heteroatoms. The minimum absolute atomic E-state index is 0.169. The zero-order valence-electron chi connectivity index (χ0n) is 18.5. The average molecular weight is 442 g/mol. The lowest BCUT2D eigenvalue weighted by molar-refractivity contribution is 0.0842. The molecule has 2 heterocycles. The van der Waals surface area contributed by atoms with Crippen LogP contribution in [-0.2, 0) is 15.5 Å². The van der Waals surface area contributed by atoms with E-state index in [9.17, 15) is 12.8 Å². The summed E-state index contributed by atoms with van der Waals surface area (Å²) in [5, 5.41) is 0. The number of aromatic nitrogens is 1. The van der Waals surface area contributed by atoms with E-state index in [2.05, 4.69) is 58.0 Å². The van der Waals surface area contributed by atoms with Crippen LogP contribution in [0, 0.1) is 23.3 Å². The van der Waals surface area contributed by atoms with Gasteiger partial charge in [0.15, 0.2) is 9.84 Å². The van der Waals surface area contributed by atoms with Crippen molar-refractivity contribution in [3.63, 3.8) is 0 Å². The van der Waals surface area contributed by atoms with Crippen molar-refractivity contribution in [2.24, 2.45) is 5.92 Å². The highest BCUT2D eigenvalue weighted by molar-refractivity contribution is 7.91. The van der Waals surface area contributed by atoms with E-state index < -0.39 is 35.4 Å². The monoisotopic (exact) mass is 441 g/mol. The molecule has 3 nitrogen and oxygen atoms in total. The van der Waals surface area contributed by atoms with E-state index >= 15 is 4.39 Å². The molecule has 2 rings (SSSR count). The first-order valence-corrected chi connectivity index (χ1v) is 14.4. The first-order chi connectivity index (χ1) is 13.3. The van der Waals surface area contributed by atoms with Gasteiger partial charge in [-0.2, -0.15) is 4.39 Å². The van der Waals surface area contributed by atoms with Crippen LogP contribution in [0.5, 0.6) is 0 Å². The van der Waals surface area contributed by atoms with Crippen LogP contribution in [0.25, 0.3) is 0 Å². The van der Waals surface area contributed by atoms with Crippen LogP contribution in [0.15, 0.2) is 12.3 Å². The van der Waals surface area contributed by atoms with Gasteiger partial charge in [-0.1, -0.05) is 54.4 Å². The SMILES string of the molecule is CC(C)[Si](C#Cc1cnc(F)c([C@]2(F)CCS(=O)(=O)C[C@H]2C)c1)(C(C)C)C(C)C. The molecular weight excluding hydrogens is 408 g/mol. The topological polar surface area (TPSA) is 47.0 Å². The van der Waals surface area contributed by atoms with Crippen molar-refractivity contribution < 1.29 is 17.2 Å². The lowest BCUT2D eigenvalue weighted by Crippen LogP contribution is -2.43. The lowest BCUT2D eigenvalue weighted by Gasteiger charge is -2.38. The van der Waals surface area contributed by atoms with E-state index in [1.807, 2.05) is 0 Å². The highest BCUT2D eigenvalue weighted by atomic mass is 32.2. The fourth-order valence-electron chi connectivity index (χ4n) is 4.97. The van der Waals surface area contributed by atoms with Gasteiger partial charge in [0.25, 0.3) is 0 Å². The third-order valence-electron chi connectivity index (χ3n) is 6.64. The molecule has 162 valence electrons. The lowest BCUT2D eigenvalue weighted by atomic mass is 9.82. The minimum Gasteiger partial charge on any atom is -0.238 e. The molecule has 2 atom stereocenters. The molecule has 1 aliphatic heterocycles. The average Bonchev–Trinajstić information content (AvgIpc) is 2.59. The number of nitrogens with zero attached hydrogens (tertiary/aromatic N) is 1. The first kappa shape index (κ1) is 24.0. The van der Waals surface area contributed by atoms with Crippen molar-refractivity contribution in [1.82, 2.24) is 4.98 Å². The summed E-state index contributed by atoms with van der Waals surface area (Å²) in [6.07, 6.45) is 1.09. The van der Waals surface area contributed by atoms with E-state index in [-0.39, 0.29) is 23.5 Å². The Morgan fingerprint density at radius 1 is 1.17 bits per heavy atom. The molecule has 1 aromatic rings. The number of halogens is 2. The van der Waals surface area contributed by atoms with E-state index in [1.54, 1.807) is 0 Å². The summed E-state index contributed by atoms with van der Waals surface area (Å²) >= 11 is 0. The number of sulfone groups is 1. The number of hydrogen-bond donors (Lipinski definition) is 0. The van der Waals surface area contributed by atoms with E-state index in [1.165, 1.54) is 19.2 Å². The maximum Gasteiger partial charge on any atom is 0.219 e. The van der Waals surface area contributed by atoms with Gasteiger partial charge in [0.2, 0.25) is 5.95 Å². The van der Waals surface area contributed by atoms with E-state index in [0.29, 0.717) is 22.2 Å². The zero-order valence-corrected chi connectivity index (χ0v) is 20.3. The van der Waals surface area contributed by atoms with Gasteiger partial charge in [-0.25, -0.2) is 17.8 Å². The Hall–Kier alpha value is -1.26. The molecule has 1 fully saturated rings. The maximum atomic E-state index is 15.8. The van der Waals surface area contributed by atoms with Crippen LogP contribution < -0.4 is 0 Å². The van der Waals surface area contributed by atoms with Gasteiger partial charge in [0.05, 0.1) is 11.5 Å². The van der Waals surface area contributed by atoms with Gasteiger partial charge >= 0.3 is 0 Å². The molecule has 0 aliphatic carbocycles. The number of pyridine rings is 1. The third kappa shape index (κ3) is 4.58. The second-order valence-corrected chi connectivity index (χ2v) is 17.1. The molecule has 1 aromatic heterocycles. The second-order valence-electron chi connectivity index (χ2n) is 9.34. The van der Waals surface area contributed by atoms with Crippen molar-refractivity contribution in [3.05, 3.63) is 29.3 Å². The highest BCUT2D eigenvalue weighted by Gasteiger charge is 2.47. The zero-order chi connectivity index (χ0) is 22.2. The molecular formula is C22H33F2NO2SSi. The number of alkyl halides is 1. The Kier molecular flexibility index (Phi) is 7.01. The predicted octanol–water partition coefficient (Wildman–Crippen LogP) is 5.41. The Bertz CT molecular complexity index is 897. The summed E-state index contributed by atoms with van der Waals surface area (Å²) in [5.74, 6) is 0.887. The predicted molar refractivity (Wildman–Crippen MR) is 117 cm³/mol. The maximum absolute atomic E-state index is 15.8. The molecule has 0 spiro atoms. The Morgan fingerprint density at radius 2 is 1.72 bits per heavy atom. The molecule has 0 aromatic carbocycles. The van der Waals surface area contributed by atoms with E-state index in [4.69, 9.17) is 0 Å². The molecule has 0 radical (unpaired) electrons. The summed E-state index contributed by atoms with van der Waals surface area (Å²) in [7, 11) is -5.29. The van der Waals surface area contributed by atoms with Gasteiger partial charge in [0, 0.05) is 23.2 Å². The smallest absolute Gasteiger partial charge is 0.219 e. The van der Waals surface area contributed by atoms with E-state index in [0.717, 1.165) is 0 Å². The normalized spacial score (nSPS) is 24.6. The summed E-state index contributed by atoms with van der Waals surface area (Å²) < 4.78 is 53.9. The van der Waals surface area contributed by atoms with Crippen molar-refractivity contribution in [3.8, 4) is 11.5 Å². The Labute approximate surface area is 175 Å². The van der Waals surface area contributed by atoms with Gasteiger partial charge in [-0.3, -0.25) is 0 Å². The Morgan fingerprint density at radius 3 is 2.21 bits per heavy atom. The summed E-state index contributed by atoms with van der Waals surface area (Å²) in [5.41, 5.74) is 3.14. The van der Waals surface area contributed by atoms with Gasteiger partial charge in [-0.05, 0) is 29.1 Å². The highest BCUT2D eigenvalue weighted by Crippen LogP contribution is 2.43. The van der Waals surface area contributed by atoms with Crippen molar-refractivity contribution in [2.45, 2.75) is 77.2 Å². The van der Waals surface area contributed by atoms with Crippen molar-refractivity contribution in [1.29, 1.82) is 0 Å². The summed E-state index contributed by atoms with van der Waals surface area (Å²) in [6, 6.07) is 1.43. The molecule has 0 unspecified atom stereocenters. The van der Waals surface area contributed by atoms with Crippen LogP contribution in [-0.4, -0.2) is 33.0 Å². The van der Waals surface area contributed by atoms with Crippen LogP contribution in [0.3, 0.4) is 0 Å². The van der Waals surface area contributed by atoms with Gasteiger partial charge < -0.3 is 0 Å². The van der Waals surface area contributed by atoms with Crippen LogP contribution in [0.1, 0.15) is 66.0 Å². The molecule has 29 heavy (non-hydrogen) atoms. The fraction of sp³-hybridized carbons (Fsp3) is 0.682. The van der Waals surface area contributed by atoms with Crippen LogP contribution in [0.2, 0.25) is 16.6 Å². The summed E-state index contributed by atoms with van der Waals surface area (Å²) in [6.45, 7) is 14.7. The molecule has 0 saturated carbocycles. The summed E-state index contributed by atoms with van der Waals surface area (Å²) in [4.78, 5) is 3.76. The number of rotatable bonds is 4. The van der Waals surface area contributed by atoms with Crippen LogP contribution in [0.4, 0.5) is 8.78 Å². The molecule has 1 aliphatic rings. The van der Waals surface area contributed by atoms with Gasteiger partial charge in [0.1, 0.15) is 13.7 Å². The second kappa shape index (κ2) is 8.47. The third-order valence-corrected chi connectivity index (χ3v) is 14.8. The van der Waals surface area contributed by atoms with Gasteiger partial charge in [-0.15, -0.1) is 5.54 Å². The molecule has 1 saturated heterocycles. The molecule has 0 N–H and O–H groups in total. The fourth-order valence-corrected chi connectivity index (χ4v) is 12.0. The molecule has 0 amide bonds.